The van der Waals surface area contributed by atoms with Gasteiger partial charge in [-0.2, -0.15) is 0 Å². The molecule has 4 rings (SSSR count). The number of aromatic nitrogens is 1. The number of nitrogens with zero attached hydrogens (tertiary/aromatic N) is 4. The smallest absolute Gasteiger partial charge is 0.254 e. The summed E-state index contributed by atoms with van der Waals surface area (Å²) in [6, 6.07) is 19.1. The Balaban J connectivity index is 1.57. The lowest BCUT2D eigenvalue weighted by Gasteiger charge is -2.40. The second kappa shape index (κ2) is 9.86. The molecule has 0 bridgehead atoms. The summed E-state index contributed by atoms with van der Waals surface area (Å²) in [4.78, 5) is 36.4. The molecule has 1 aromatic heterocycles. The molecular weight excluding hydrogens is 412 g/mol. The third kappa shape index (κ3) is 4.90. The maximum atomic E-state index is 13.4. The Morgan fingerprint density at radius 2 is 1.73 bits per heavy atom. The molecule has 1 fully saturated rings. The Morgan fingerprint density at radius 3 is 2.33 bits per heavy atom. The van der Waals surface area contributed by atoms with Crippen molar-refractivity contribution >= 4 is 17.5 Å². The van der Waals surface area contributed by atoms with Crippen LogP contribution in [0, 0.1) is 0 Å². The lowest BCUT2D eigenvalue weighted by atomic mass is 9.98. The van der Waals surface area contributed by atoms with Gasteiger partial charge in [-0.15, -0.1) is 0 Å². The predicted octanol–water partition coefficient (Wildman–Crippen LogP) is 3.73. The van der Waals surface area contributed by atoms with Gasteiger partial charge in [-0.3, -0.25) is 14.6 Å². The fourth-order valence-corrected chi connectivity index (χ4v) is 4.25. The molecule has 0 spiro atoms. The van der Waals surface area contributed by atoms with Crippen LogP contribution < -0.4 is 4.90 Å². The Hall–Kier alpha value is -3.67. The maximum Gasteiger partial charge on any atom is 0.254 e. The summed E-state index contributed by atoms with van der Waals surface area (Å²) >= 11 is 0. The highest BCUT2D eigenvalue weighted by Crippen LogP contribution is 2.23. The molecule has 6 heteroatoms. The average molecular weight is 443 g/mol. The van der Waals surface area contributed by atoms with Crippen LogP contribution in [0.15, 0.2) is 73.1 Å². The fraction of sp³-hybridized carbons (Fsp3) is 0.296. The van der Waals surface area contributed by atoms with Gasteiger partial charge in [0.15, 0.2) is 0 Å². The summed E-state index contributed by atoms with van der Waals surface area (Å²) < 4.78 is 0. The molecule has 0 aliphatic carbocycles. The number of carbonyl (C=O) groups excluding carboxylic acids is 2. The second-order valence-corrected chi connectivity index (χ2v) is 8.52. The van der Waals surface area contributed by atoms with Gasteiger partial charge in [-0.25, -0.2) is 0 Å². The van der Waals surface area contributed by atoms with E-state index in [0.29, 0.717) is 31.6 Å². The molecule has 170 valence electrons. The fourth-order valence-electron chi connectivity index (χ4n) is 4.25. The number of likely N-dealkylation sites (N-methyl/N-ethyl adjacent to an activating group) is 1. The Labute approximate surface area is 195 Å². The molecule has 1 atom stereocenters. The quantitative estimate of drug-likeness (QED) is 0.584. The lowest BCUT2D eigenvalue weighted by Crippen LogP contribution is -2.59. The zero-order valence-electron chi connectivity index (χ0n) is 19.4. The first-order valence-electron chi connectivity index (χ1n) is 11.3. The predicted molar refractivity (Wildman–Crippen MR) is 131 cm³/mol. The van der Waals surface area contributed by atoms with Crippen LogP contribution in [-0.2, 0) is 11.2 Å². The van der Waals surface area contributed by atoms with Crippen LogP contribution in [0.5, 0.6) is 0 Å². The molecule has 6 nitrogen and oxygen atoms in total. The summed E-state index contributed by atoms with van der Waals surface area (Å²) in [5.41, 5.74) is 4.79. The van der Waals surface area contributed by atoms with Gasteiger partial charge in [0.25, 0.3) is 5.91 Å². The summed E-state index contributed by atoms with van der Waals surface area (Å²) in [5, 5.41) is 0. The molecule has 1 aliphatic heterocycles. The lowest BCUT2D eigenvalue weighted by molar-refractivity contribution is -0.139. The van der Waals surface area contributed by atoms with Crippen molar-refractivity contribution in [2.24, 2.45) is 0 Å². The van der Waals surface area contributed by atoms with E-state index in [-0.39, 0.29) is 11.8 Å². The van der Waals surface area contributed by atoms with Crippen LogP contribution in [0.4, 0.5) is 5.69 Å². The second-order valence-electron chi connectivity index (χ2n) is 8.52. The number of hydrogen-bond acceptors (Lipinski definition) is 4. The zero-order valence-corrected chi connectivity index (χ0v) is 19.4. The molecule has 2 aromatic carbocycles. The standard InChI is InChI=1S/C27H30N4O2/c1-4-30-16-17-31(26(32)22-11-13-24(14-12-22)29(2)3)25(27(30)33)18-20-7-9-21(10-8-20)23-6-5-15-28-19-23/h5-15,19,25H,4,16-18H2,1-3H3/t25-/m1/s1. The van der Waals surface area contributed by atoms with Gasteiger partial charge in [-0.05, 0) is 53.9 Å². The first-order chi connectivity index (χ1) is 16.0. The average Bonchev–Trinajstić information content (AvgIpc) is 2.86. The van der Waals surface area contributed by atoms with E-state index in [9.17, 15) is 9.59 Å². The van der Waals surface area contributed by atoms with E-state index in [1.165, 1.54) is 0 Å². The van der Waals surface area contributed by atoms with Crippen molar-refractivity contribution in [2.45, 2.75) is 19.4 Å². The number of carbonyl (C=O) groups is 2. The van der Waals surface area contributed by atoms with E-state index >= 15 is 0 Å². The Kier molecular flexibility index (Phi) is 6.73. The zero-order chi connectivity index (χ0) is 23.4. The van der Waals surface area contributed by atoms with E-state index in [1.807, 2.05) is 97.7 Å². The van der Waals surface area contributed by atoms with Gasteiger partial charge in [0.2, 0.25) is 5.91 Å². The van der Waals surface area contributed by atoms with E-state index < -0.39 is 6.04 Å². The normalized spacial score (nSPS) is 16.1. The van der Waals surface area contributed by atoms with Crippen molar-refractivity contribution < 1.29 is 9.59 Å². The monoisotopic (exact) mass is 442 g/mol. The molecule has 2 amide bonds. The molecule has 1 saturated heterocycles. The van der Waals surface area contributed by atoms with Gasteiger partial charge in [0.05, 0.1) is 0 Å². The van der Waals surface area contributed by atoms with Crippen LogP contribution in [0.25, 0.3) is 11.1 Å². The number of anilines is 1. The van der Waals surface area contributed by atoms with E-state index in [2.05, 4.69) is 4.98 Å². The van der Waals surface area contributed by atoms with Crippen LogP contribution in [0.3, 0.4) is 0 Å². The van der Waals surface area contributed by atoms with Gasteiger partial charge in [0, 0.05) is 63.8 Å². The number of benzene rings is 2. The Morgan fingerprint density at radius 1 is 1.00 bits per heavy atom. The SMILES string of the molecule is CCN1CCN(C(=O)c2ccc(N(C)C)cc2)[C@H](Cc2ccc(-c3cccnc3)cc2)C1=O. The number of hydrogen-bond donors (Lipinski definition) is 0. The van der Waals surface area contributed by atoms with Crippen LogP contribution >= 0.6 is 0 Å². The summed E-state index contributed by atoms with van der Waals surface area (Å²) in [6.45, 7) is 3.73. The van der Waals surface area contributed by atoms with Crippen molar-refractivity contribution in [1.29, 1.82) is 0 Å². The first-order valence-corrected chi connectivity index (χ1v) is 11.3. The largest absolute Gasteiger partial charge is 0.378 e. The molecule has 1 aliphatic rings. The molecule has 0 N–H and O–H groups in total. The highest BCUT2D eigenvalue weighted by molar-refractivity contribution is 5.98. The Bertz CT molecular complexity index is 1100. The van der Waals surface area contributed by atoms with E-state index in [0.717, 1.165) is 22.4 Å². The first kappa shape index (κ1) is 22.5. The minimum Gasteiger partial charge on any atom is -0.378 e. The summed E-state index contributed by atoms with van der Waals surface area (Å²) in [5.74, 6) is -0.0836. The highest BCUT2D eigenvalue weighted by atomic mass is 16.2. The third-order valence-corrected chi connectivity index (χ3v) is 6.23. The minimum absolute atomic E-state index is 0.0124. The van der Waals surface area contributed by atoms with Gasteiger partial charge < -0.3 is 14.7 Å². The highest BCUT2D eigenvalue weighted by Gasteiger charge is 2.37. The van der Waals surface area contributed by atoms with E-state index in [1.54, 1.807) is 11.1 Å². The third-order valence-electron chi connectivity index (χ3n) is 6.23. The molecule has 0 unspecified atom stereocenters. The van der Waals surface area contributed by atoms with Crippen LogP contribution in [0.2, 0.25) is 0 Å². The summed E-state index contributed by atoms with van der Waals surface area (Å²) in [7, 11) is 3.93. The van der Waals surface area contributed by atoms with E-state index in [4.69, 9.17) is 0 Å². The number of rotatable bonds is 6. The number of piperazine rings is 1. The topological polar surface area (TPSA) is 56.8 Å². The van der Waals surface area contributed by atoms with Crippen LogP contribution in [-0.4, -0.2) is 66.4 Å². The molecular formula is C27H30N4O2. The van der Waals surface area contributed by atoms with Crippen molar-refractivity contribution in [3.63, 3.8) is 0 Å². The molecule has 0 saturated carbocycles. The van der Waals surface area contributed by atoms with Gasteiger partial charge in [0.1, 0.15) is 6.04 Å². The van der Waals surface area contributed by atoms with Crippen LogP contribution in [0.1, 0.15) is 22.8 Å². The molecule has 2 heterocycles. The molecule has 33 heavy (non-hydrogen) atoms. The minimum atomic E-state index is -0.510. The van der Waals surface area contributed by atoms with Crippen molar-refractivity contribution in [1.82, 2.24) is 14.8 Å². The molecule has 3 aromatic rings. The summed E-state index contributed by atoms with van der Waals surface area (Å²) in [6.07, 6.45) is 4.08. The van der Waals surface area contributed by atoms with Gasteiger partial charge >= 0.3 is 0 Å². The van der Waals surface area contributed by atoms with Crippen molar-refractivity contribution in [2.75, 3.05) is 38.6 Å². The van der Waals surface area contributed by atoms with Crippen molar-refractivity contribution in [3.8, 4) is 11.1 Å². The number of amides is 2. The van der Waals surface area contributed by atoms with Gasteiger partial charge in [-0.1, -0.05) is 30.3 Å². The van der Waals surface area contributed by atoms with Crippen molar-refractivity contribution in [3.05, 3.63) is 84.2 Å². The molecule has 0 radical (unpaired) electrons. The number of pyridine rings is 1. The maximum absolute atomic E-state index is 13.4.